The summed E-state index contributed by atoms with van der Waals surface area (Å²) in [4.78, 5) is 26.0. The Morgan fingerprint density at radius 1 is 1.07 bits per heavy atom. The lowest BCUT2D eigenvalue weighted by Gasteiger charge is -2.29. The van der Waals surface area contributed by atoms with Gasteiger partial charge in [-0.05, 0) is 23.8 Å². The summed E-state index contributed by atoms with van der Waals surface area (Å²) in [5.41, 5.74) is 3.05. The fraction of sp³-hybridized carbons (Fsp3) is 0.227. The number of piperazine rings is 1. The van der Waals surface area contributed by atoms with Crippen LogP contribution in [0.2, 0.25) is 0 Å². The quantitative estimate of drug-likeness (QED) is 0.397. The Morgan fingerprint density at radius 3 is 2.47 bits per heavy atom. The number of benzene rings is 2. The molecule has 1 aromatic heterocycles. The minimum Gasteiger partial charge on any atom is -0.464 e. The van der Waals surface area contributed by atoms with E-state index in [-0.39, 0.29) is 11.4 Å². The van der Waals surface area contributed by atoms with Gasteiger partial charge in [0.25, 0.3) is 5.69 Å². The van der Waals surface area contributed by atoms with Gasteiger partial charge in [-0.3, -0.25) is 10.1 Å². The van der Waals surface area contributed by atoms with Crippen molar-refractivity contribution >= 4 is 17.3 Å². The molecule has 0 spiro atoms. The molecule has 30 heavy (non-hydrogen) atoms. The number of nitrogens with zero attached hydrogens (tertiary/aromatic N) is 3. The van der Waals surface area contributed by atoms with Crippen molar-refractivity contribution in [1.82, 2.24) is 9.88 Å². The van der Waals surface area contributed by atoms with Gasteiger partial charge in [0.1, 0.15) is 11.4 Å². The molecule has 8 nitrogen and oxygen atoms in total. The third-order valence-corrected chi connectivity index (χ3v) is 5.22. The van der Waals surface area contributed by atoms with Gasteiger partial charge in [0, 0.05) is 49.7 Å². The highest BCUT2D eigenvalue weighted by molar-refractivity contribution is 5.91. The number of nitro groups is 1. The molecule has 1 aliphatic rings. The lowest BCUT2D eigenvalue weighted by atomic mass is 10.1. The van der Waals surface area contributed by atoms with E-state index >= 15 is 0 Å². The Hall–Kier alpha value is -3.65. The number of aromatic nitrogens is 1. The highest BCUT2D eigenvalue weighted by Crippen LogP contribution is 2.33. The summed E-state index contributed by atoms with van der Waals surface area (Å²) in [5, 5.41) is 15.1. The van der Waals surface area contributed by atoms with Gasteiger partial charge in [-0.25, -0.2) is 4.79 Å². The predicted octanol–water partition coefficient (Wildman–Crippen LogP) is 3.25. The number of rotatable bonds is 5. The van der Waals surface area contributed by atoms with Crippen molar-refractivity contribution in [3.63, 3.8) is 0 Å². The summed E-state index contributed by atoms with van der Waals surface area (Å²) in [5.74, 6) is -0.556. The number of carbonyl (C=O) groups excluding carboxylic acids is 1. The largest absolute Gasteiger partial charge is 0.464 e. The average Bonchev–Trinajstić information content (AvgIpc) is 3.24. The molecule has 1 saturated heterocycles. The molecule has 154 valence electrons. The van der Waals surface area contributed by atoms with Crippen molar-refractivity contribution < 1.29 is 14.5 Å². The SMILES string of the molecule is COC(=O)c1cc(-c2ccccc2)cn1-c1cc(N2CCNCC2)ccc1[N+](=O)[O-]. The van der Waals surface area contributed by atoms with Crippen molar-refractivity contribution in [3.05, 3.63) is 76.6 Å². The minimum absolute atomic E-state index is 0.0748. The van der Waals surface area contributed by atoms with Crippen LogP contribution in [0.5, 0.6) is 0 Å². The summed E-state index contributed by atoms with van der Waals surface area (Å²) in [6, 6.07) is 16.3. The number of nitro benzene ring substituents is 1. The molecule has 4 rings (SSSR count). The number of carbonyl (C=O) groups is 1. The monoisotopic (exact) mass is 406 g/mol. The van der Waals surface area contributed by atoms with Crippen molar-refractivity contribution in [1.29, 1.82) is 0 Å². The molecule has 0 amide bonds. The molecule has 1 fully saturated rings. The molecule has 2 aromatic carbocycles. The van der Waals surface area contributed by atoms with Crippen LogP contribution in [0.4, 0.5) is 11.4 Å². The lowest BCUT2D eigenvalue weighted by Crippen LogP contribution is -2.43. The van der Waals surface area contributed by atoms with Crippen LogP contribution in [0.3, 0.4) is 0 Å². The maximum atomic E-state index is 12.5. The second-order valence-corrected chi connectivity index (χ2v) is 7.01. The van der Waals surface area contributed by atoms with Crippen LogP contribution >= 0.6 is 0 Å². The van der Waals surface area contributed by atoms with Crippen LogP contribution in [0.1, 0.15) is 10.5 Å². The van der Waals surface area contributed by atoms with Crippen LogP contribution in [0.15, 0.2) is 60.8 Å². The number of hydrogen-bond acceptors (Lipinski definition) is 6. The van der Waals surface area contributed by atoms with Crippen molar-refractivity contribution in [2.75, 3.05) is 38.2 Å². The maximum absolute atomic E-state index is 12.5. The standard InChI is InChI=1S/C22H22N4O4/c1-30-22(27)21-13-17(16-5-3-2-4-6-16)15-25(21)20-14-18(7-8-19(20)26(28)29)24-11-9-23-10-12-24/h2-8,13-15,23H,9-12H2,1H3. The molecule has 3 aromatic rings. The molecular weight excluding hydrogens is 384 g/mol. The number of nitrogens with one attached hydrogen (secondary N) is 1. The van der Waals surface area contributed by atoms with Gasteiger partial charge in [-0.1, -0.05) is 30.3 Å². The molecule has 0 bridgehead atoms. The van der Waals surface area contributed by atoms with E-state index in [1.807, 2.05) is 30.3 Å². The summed E-state index contributed by atoms with van der Waals surface area (Å²) >= 11 is 0. The highest BCUT2D eigenvalue weighted by atomic mass is 16.6. The number of esters is 1. The van der Waals surface area contributed by atoms with Gasteiger partial charge < -0.3 is 19.5 Å². The molecule has 1 N–H and O–H groups in total. The van der Waals surface area contributed by atoms with E-state index in [9.17, 15) is 14.9 Å². The van der Waals surface area contributed by atoms with Gasteiger partial charge in [0.05, 0.1) is 12.0 Å². The number of methoxy groups -OCH3 is 1. The van der Waals surface area contributed by atoms with E-state index < -0.39 is 10.9 Å². The highest BCUT2D eigenvalue weighted by Gasteiger charge is 2.24. The van der Waals surface area contributed by atoms with E-state index in [2.05, 4.69) is 10.2 Å². The molecule has 0 radical (unpaired) electrons. The van der Waals surface area contributed by atoms with E-state index in [1.54, 1.807) is 29.0 Å². The Labute approximate surface area is 173 Å². The Morgan fingerprint density at radius 2 is 1.80 bits per heavy atom. The smallest absolute Gasteiger partial charge is 0.355 e. The van der Waals surface area contributed by atoms with Gasteiger partial charge in [-0.2, -0.15) is 0 Å². The first-order chi connectivity index (χ1) is 14.6. The van der Waals surface area contributed by atoms with Gasteiger partial charge in [-0.15, -0.1) is 0 Å². The molecule has 0 aliphatic carbocycles. The van der Waals surface area contributed by atoms with E-state index in [0.717, 1.165) is 43.0 Å². The fourth-order valence-corrected chi connectivity index (χ4v) is 3.69. The molecular formula is C22H22N4O4. The van der Waals surface area contributed by atoms with Crippen molar-refractivity contribution in [3.8, 4) is 16.8 Å². The molecule has 2 heterocycles. The average molecular weight is 406 g/mol. The van der Waals surface area contributed by atoms with Crippen molar-refractivity contribution in [2.45, 2.75) is 0 Å². The van der Waals surface area contributed by atoms with Crippen LogP contribution in [-0.4, -0.2) is 48.7 Å². The number of ether oxygens (including phenoxy) is 1. The number of anilines is 1. The topological polar surface area (TPSA) is 89.6 Å². The Balaban J connectivity index is 1.88. The van der Waals surface area contributed by atoms with E-state index in [4.69, 9.17) is 4.74 Å². The van der Waals surface area contributed by atoms with Crippen LogP contribution in [-0.2, 0) is 4.74 Å². The normalized spacial score (nSPS) is 13.8. The second-order valence-electron chi connectivity index (χ2n) is 7.01. The van der Waals surface area contributed by atoms with E-state index in [0.29, 0.717) is 5.69 Å². The first-order valence-corrected chi connectivity index (χ1v) is 9.69. The first kappa shape index (κ1) is 19.7. The summed E-state index contributed by atoms with van der Waals surface area (Å²) in [6.07, 6.45) is 1.74. The Kier molecular flexibility index (Phi) is 5.49. The minimum atomic E-state index is -0.556. The number of hydrogen-bond donors (Lipinski definition) is 1. The zero-order chi connectivity index (χ0) is 21.1. The predicted molar refractivity (Wildman–Crippen MR) is 114 cm³/mol. The summed E-state index contributed by atoms with van der Waals surface area (Å²) < 4.78 is 6.50. The van der Waals surface area contributed by atoms with Gasteiger partial charge in [0.2, 0.25) is 0 Å². The van der Waals surface area contributed by atoms with Crippen LogP contribution < -0.4 is 10.2 Å². The zero-order valence-electron chi connectivity index (χ0n) is 16.6. The van der Waals surface area contributed by atoms with Crippen LogP contribution in [0, 0.1) is 10.1 Å². The van der Waals surface area contributed by atoms with Crippen molar-refractivity contribution in [2.24, 2.45) is 0 Å². The molecule has 0 saturated carbocycles. The lowest BCUT2D eigenvalue weighted by molar-refractivity contribution is -0.384. The second kappa shape index (κ2) is 8.38. The van der Waals surface area contributed by atoms with Gasteiger partial charge in [0.15, 0.2) is 0 Å². The molecule has 0 unspecified atom stereocenters. The molecule has 8 heteroatoms. The van der Waals surface area contributed by atoms with E-state index in [1.165, 1.54) is 13.2 Å². The molecule has 1 aliphatic heterocycles. The summed E-state index contributed by atoms with van der Waals surface area (Å²) in [7, 11) is 1.30. The molecule has 0 atom stereocenters. The maximum Gasteiger partial charge on any atom is 0.355 e. The fourth-order valence-electron chi connectivity index (χ4n) is 3.69. The first-order valence-electron chi connectivity index (χ1n) is 9.69. The zero-order valence-corrected chi connectivity index (χ0v) is 16.6. The third kappa shape index (κ3) is 3.77. The Bertz CT molecular complexity index is 1070. The third-order valence-electron chi connectivity index (χ3n) is 5.22. The van der Waals surface area contributed by atoms with Gasteiger partial charge >= 0.3 is 5.97 Å². The van der Waals surface area contributed by atoms with Crippen LogP contribution in [0.25, 0.3) is 16.8 Å². The summed E-state index contributed by atoms with van der Waals surface area (Å²) in [6.45, 7) is 3.31.